The number of amides is 2. The van der Waals surface area contributed by atoms with Crippen LogP contribution in [0.25, 0.3) is 16.7 Å². The van der Waals surface area contributed by atoms with Crippen LogP contribution in [0.5, 0.6) is 5.75 Å². The minimum atomic E-state index is -2.83. The predicted octanol–water partition coefficient (Wildman–Crippen LogP) is 5.73. The van der Waals surface area contributed by atoms with E-state index in [1.165, 1.54) is 12.5 Å². The van der Waals surface area contributed by atoms with Crippen molar-refractivity contribution in [3.63, 3.8) is 0 Å². The summed E-state index contributed by atoms with van der Waals surface area (Å²) in [6.07, 6.45) is 2.80. The van der Waals surface area contributed by atoms with Crippen molar-refractivity contribution in [2.24, 2.45) is 0 Å². The first-order valence-electron chi connectivity index (χ1n) is 14.4. The van der Waals surface area contributed by atoms with Crippen molar-refractivity contribution in [3.8, 4) is 11.4 Å². The second-order valence-electron chi connectivity index (χ2n) is 11.3. The molecule has 1 atom stereocenters. The topological polar surface area (TPSA) is 107 Å². The van der Waals surface area contributed by atoms with Gasteiger partial charge in [-0.25, -0.2) is 18.4 Å². The first-order valence-corrected chi connectivity index (χ1v) is 15.2. The molecule has 4 aromatic rings. The number of aromatic amines is 1. The van der Waals surface area contributed by atoms with E-state index in [1.54, 1.807) is 26.6 Å². The third-order valence-electron chi connectivity index (χ3n) is 9.01. The minimum absolute atomic E-state index is 0.156. The van der Waals surface area contributed by atoms with Crippen molar-refractivity contribution < 1.29 is 23.5 Å². The molecule has 3 aliphatic rings. The van der Waals surface area contributed by atoms with E-state index in [1.807, 2.05) is 12.1 Å². The van der Waals surface area contributed by atoms with E-state index in [9.17, 15) is 23.5 Å². The molecule has 1 saturated carbocycles. The number of fused-ring (bicyclic) bond motifs is 1. The number of imidazole rings is 1. The fourth-order valence-electron chi connectivity index (χ4n) is 6.60. The highest BCUT2D eigenvalue weighted by Crippen LogP contribution is 2.42. The molecule has 1 aliphatic carbocycles. The molecule has 9 nitrogen and oxygen atoms in total. The van der Waals surface area contributed by atoms with Crippen LogP contribution in [0.15, 0.2) is 47.5 Å². The molecule has 43 heavy (non-hydrogen) atoms. The van der Waals surface area contributed by atoms with Crippen LogP contribution < -0.4 is 0 Å². The Balaban J connectivity index is 1.31. The maximum absolute atomic E-state index is 14.2. The number of hydrogen-bond acceptors (Lipinski definition) is 5. The number of halogens is 3. The molecular formula is C31H29BrF2N6O3. The number of benzene rings is 2. The maximum Gasteiger partial charge on any atom is 0.295 e. The van der Waals surface area contributed by atoms with E-state index in [4.69, 9.17) is 5.10 Å². The van der Waals surface area contributed by atoms with Crippen LogP contribution in [0.4, 0.5) is 8.78 Å². The fraction of sp³-hybridized carbons (Fsp3) is 0.355. The molecule has 1 fully saturated rings. The molecule has 2 aromatic heterocycles. The van der Waals surface area contributed by atoms with Gasteiger partial charge in [-0.1, -0.05) is 19.1 Å². The van der Waals surface area contributed by atoms with Crippen LogP contribution in [0.3, 0.4) is 0 Å². The summed E-state index contributed by atoms with van der Waals surface area (Å²) in [6.45, 7) is 4.55. The molecule has 2 N–H and O–H groups in total. The monoisotopic (exact) mass is 650 g/mol. The third kappa shape index (κ3) is 4.54. The van der Waals surface area contributed by atoms with Gasteiger partial charge in [-0.3, -0.25) is 9.59 Å². The Bertz CT molecular complexity index is 1800. The lowest BCUT2D eigenvalue weighted by atomic mass is 9.80. The van der Waals surface area contributed by atoms with Crippen LogP contribution in [0.2, 0.25) is 0 Å². The lowest BCUT2D eigenvalue weighted by Crippen LogP contribution is -2.45. The van der Waals surface area contributed by atoms with Crippen molar-refractivity contribution in [1.82, 2.24) is 29.5 Å². The Kier molecular flexibility index (Phi) is 6.83. The molecule has 2 amide bonds. The number of H-pyrrole nitrogens is 1. The van der Waals surface area contributed by atoms with Crippen molar-refractivity contribution in [2.45, 2.75) is 50.5 Å². The Morgan fingerprint density at radius 2 is 1.98 bits per heavy atom. The molecule has 0 spiro atoms. The Morgan fingerprint density at radius 1 is 1.16 bits per heavy atom. The van der Waals surface area contributed by atoms with Gasteiger partial charge in [-0.15, -0.1) is 0 Å². The summed E-state index contributed by atoms with van der Waals surface area (Å²) in [5.41, 5.74) is 4.87. The van der Waals surface area contributed by atoms with Crippen molar-refractivity contribution in [1.29, 1.82) is 0 Å². The largest absolute Gasteiger partial charge is 0.506 e. The van der Waals surface area contributed by atoms with Gasteiger partial charge in [0.15, 0.2) is 5.82 Å². The van der Waals surface area contributed by atoms with Crippen LogP contribution in [0, 0.1) is 0 Å². The minimum Gasteiger partial charge on any atom is -0.506 e. The van der Waals surface area contributed by atoms with E-state index in [2.05, 4.69) is 38.5 Å². The van der Waals surface area contributed by atoms with E-state index in [-0.39, 0.29) is 40.7 Å². The van der Waals surface area contributed by atoms with Gasteiger partial charge >= 0.3 is 0 Å². The van der Waals surface area contributed by atoms with Crippen molar-refractivity contribution in [3.05, 3.63) is 81.4 Å². The molecule has 4 heterocycles. The molecular weight excluding hydrogens is 622 g/mol. The second-order valence-corrected chi connectivity index (χ2v) is 12.2. The molecule has 12 heteroatoms. The average Bonchev–Trinajstić information content (AvgIpc) is 3.52. The average molecular weight is 652 g/mol. The number of carbonyl (C=O) groups excluding carboxylic acids is 2. The van der Waals surface area contributed by atoms with E-state index in [0.717, 1.165) is 35.4 Å². The Hall–Kier alpha value is -4.06. The summed E-state index contributed by atoms with van der Waals surface area (Å²) >= 11 is 3.36. The van der Waals surface area contributed by atoms with Crippen LogP contribution in [0.1, 0.15) is 76.3 Å². The zero-order valence-corrected chi connectivity index (χ0v) is 24.8. The van der Waals surface area contributed by atoms with E-state index < -0.39 is 18.3 Å². The van der Waals surface area contributed by atoms with Gasteiger partial charge in [0.25, 0.3) is 12.3 Å². The first-order chi connectivity index (χ1) is 20.7. The molecule has 222 valence electrons. The van der Waals surface area contributed by atoms with Gasteiger partial charge in [0.1, 0.15) is 17.0 Å². The summed E-state index contributed by atoms with van der Waals surface area (Å²) < 4.78 is 29.3. The summed E-state index contributed by atoms with van der Waals surface area (Å²) in [7, 11) is 0. The number of alkyl halides is 2. The number of aromatic hydroxyl groups is 1. The van der Waals surface area contributed by atoms with Gasteiger partial charge < -0.3 is 19.9 Å². The summed E-state index contributed by atoms with van der Waals surface area (Å²) in [5.74, 6) is -0.495. The summed E-state index contributed by atoms with van der Waals surface area (Å²) in [5, 5.41) is 16.0. The van der Waals surface area contributed by atoms with Crippen molar-refractivity contribution in [2.75, 3.05) is 19.6 Å². The summed E-state index contributed by atoms with van der Waals surface area (Å²) in [4.78, 5) is 37.0. The molecule has 0 saturated heterocycles. The maximum atomic E-state index is 14.2. The first kappa shape index (κ1) is 27.8. The predicted molar refractivity (Wildman–Crippen MR) is 159 cm³/mol. The van der Waals surface area contributed by atoms with Gasteiger partial charge in [0, 0.05) is 42.5 Å². The smallest absolute Gasteiger partial charge is 0.295 e. The van der Waals surface area contributed by atoms with Crippen molar-refractivity contribution >= 4 is 38.8 Å². The molecule has 7 rings (SSSR count). The Labute approximate surface area is 254 Å². The van der Waals surface area contributed by atoms with Gasteiger partial charge in [0.2, 0.25) is 5.91 Å². The third-order valence-corrected chi connectivity index (χ3v) is 9.65. The lowest BCUT2D eigenvalue weighted by molar-refractivity contribution is -0.126. The number of nitrogens with zero attached hydrogens (tertiary/aromatic N) is 5. The molecule has 0 radical (unpaired) electrons. The number of phenols is 1. The highest BCUT2D eigenvalue weighted by molar-refractivity contribution is 9.10. The van der Waals surface area contributed by atoms with Gasteiger partial charge in [-0.05, 0) is 70.6 Å². The number of hydrogen-bond donors (Lipinski definition) is 2. The normalized spacial score (nSPS) is 18.5. The quantitative estimate of drug-likeness (QED) is 0.268. The number of carbonyl (C=O) groups is 2. The van der Waals surface area contributed by atoms with Gasteiger partial charge in [-0.2, -0.15) is 5.10 Å². The number of rotatable bonds is 5. The number of aromatic nitrogens is 4. The van der Waals surface area contributed by atoms with Crippen LogP contribution in [-0.2, 0) is 17.6 Å². The fourth-order valence-corrected chi connectivity index (χ4v) is 7.01. The standard InChI is InChI=1S/C31H29BrF2N6O3/c1-2-25(42)38-12-10-20-26-22(40(37-20)21-9-6-17(14-24(21)41)16-4-3-5-16)11-13-39(23(26)15-38)31(43)18-7-8-19(32)28-27(18)35-30(36-28)29(33)34/h2,6-9,14,16,23,29,41H,1,3-5,10-13,15H2,(H,35,36). The molecule has 2 aromatic carbocycles. The molecule has 0 bridgehead atoms. The number of nitrogens with one attached hydrogen (secondary N) is 1. The second kappa shape index (κ2) is 10.6. The molecule has 2 aliphatic heterocycles. The highest BCUT2D eigenvalue weighted by atomic mass is 79.9. The SMILES string of the molecule is C=CC(=O)N1CCc2nn(-c3ccc(C4CCC4)cc3O)c3c2C(C1)N(C(=O)c1ccc(Br)c2nc(C(F)F)[nH]c12)CC3. The molecule has 1 unspecified atom stereocenters. The zero-order valence-electron chi connectivity index (χ0n) is 23.2. The van der Waals surface area contributed by atoms with Crippen LogP contribution >= 0.6 is 15.9 Å². The zero-order chi connectivity index (χ0) is 30.0. The number of phenolic OH excluding ortho intramolecular Hbond substituents is 1. The van der Waals surface area contributed by atoms with E-state index in [0.29, 0.717) is 42.0 Å². The van der Waals surface area contributed by atoms with Gasteiger partial charge in [0.05, 0.1) is 28.5 Å². The van der Waals surface area contributed by atoms with Crippen LogP contribution in [-0.4, -0.2) is 66.1 Å². The Morgan fingerprint density at radius 3 is 2.67 bits per heavy atom. The van der Waals surface area contributed by atoms with E-state index >= 15 is 0 Å². The summed E-state index contributed by atoms with van der Waals surface area (Å²) in [6, 6.07) is 8.46. The highest BCUT2D eigenvalue weighted by Gasteiger charge is 2.41. The lowest BCUT2D eigenvalue weighted by Gasteiger charge is -2.38.